The molecule has 1 aliphatic heterocycles. The molecule has 1 amide bonds. The van der Waals surface area contributed by atoms with E-state index in [1.807, 2.05) is 11.3 Å². The number of aliphatic imine (C=N–C) groups is 1. The quantitative estimate of drug-likeness (QED) is 0.311. The first kappa shape index (κ1) is 25.4. The summed E-state index contributed by atoms with van der Waals surface area (Å²) in [6, 6.07) is 5.15. The van der Waals surface area contributed by atoms with Crippen LogP contribution in [0.25, 0.3) is 0 Å². The van der Waals surface area contributed by atoms with E-state index in [1.54, 1.807) is 19.0 Å². The summed E-state index contributed by atoms with van der Waals surface area (Å²) in [7, 11) is 3.53. The van der Waals surface area contributed by atoms with Crippen LogP contribution in [-0.2, 0) is 9.53 Å². The third kappa shape index (κ3) is 7.65. The summed E-state index contributed by atoms with van der Waals surface area (Å²) >= 11 is 1.85. The van der Waals surface area contributed by atoms with Crippen LogP contribution < -0.4 is 10.6 Å². The number of thiophene rings is 1. The van der Waals surface area contributed by atoms with Crippen molar-refractivity contribution in [2.75, 3.05) is 53.5 Å². The molecule has 2 aliphatic rings. The van der Waals surface area contributed by atoms with Gasteiger partial charge in [-0.25, -0.2) is 4.99 Å². The third-order valence-electron chi connectivity index (χ3n) is 5.61. The number of rotatable bonds is 7. The van der Waals surface area contributed by atoms with Gasteiger partial charge in [0.2, 0.25) is 5.91 Å². The number of nitrogens with one attached hydrogen (secondary N) is 2. The van der Waals surface area contributed by atoms with Gasteiger partial charge in [-0.15, -0.1) is 35.3 Å². The molecule has 1 aliphatic carbocycles. The second-order valence-electron chi connectivity index (χ2n) is 8.07. The number of halogens is 1. The fraction of sp³-hybridized carbons (Fsp3) is 0.714. The molecule has 2 N–H and O–H groups in total. The van der Waals surface area contributed by atoms with Crippen molar-refractivity contribution in [1.29, 1.82) is 0 Å². The van der Waals surface area contributed by atoms with Crippen LogP contribution in [0.4, 0.5) is 0 Å². The van der Waals surface area contributed by atoms with E-state index in [0.717, 1.165) is 38.8 Å². The lowest BCUT2D eigenvalue weighted by Crippen LogP contribution is -2.48. The van der Waals surface area contributed by atoms with E-state index in [9.17, 15) is 4.79 Å². The van der Waals surface area contributed by atoms with Gasteiger partial charge in [-0.05, 0) is 31.9 Å². The number of nitrogens with zero attached hydrogens (tertiary/aromatic N) is 3. The van der Waals surface area contributed by atoms with Crippen LogP contribution in [0.2, 0.25) is 0 Å². The van der Waals surface area contributed by atoms with Crippen LogP contribution in [0.1, 0.15) is 41.5 Å². The largest absolute Gasteiger partial charge is 0.379 e. The zero-order valence-corrected chi connectivity index (χ0v) is 21.5. The summed E-state index contributed by atoms with van der Waals surface area (Å²) in [6.07, 6.45) is 4.84. The fourth-order valence-corrected chi connectivity index (χ4v) is 4.84. The molecule has 170 valence electrons. The predicted octanol–water partition coefficient (Wildman–Crippen LogP) is 2.61. The highest BCUT2D eigenvalue weighted by atomic mass is 127. The molecule has 2 heterocycles. The molecule has 1 saturated carbocycles. The van der Waals surface area contributed by atoms with Gasteiger partial charge in [-0.3, -0.25) is 9.69 Å². The first-order valence-corrected chi connectivity index (χ1v) is 11.5. The minimum atomic E-state index is 0. The van der Waals surface area contributed by atoms with Gasteiger partial charge in [0.1, 0.15) is 6.54 Å². The molecule has 1 saturated heterocycles. The minimum Gasteiger partial charge on any atom is -0.379 e. The van der Waals surface area contributed by atoms with E-state index in [2.05, 4.69) is 39.6 Å². The van der Waals surface area contributed by atoms with E-state index in [0.29, 0.717) is 6.04 Å². The van der Waals surface area contributed by atoms with Crippen molar-refractivity contribution < 1.29 is 9.53 Å². The number of likely N-dealkylation sites (N-methyl/N-ethyl adjacent to an activating group) is 1. The van der Waals surface area contributed by atoms with Gasteiger partial charge in [-0.2, -0.15) is 0 Å². The van der Waals surface area contributed by atoms with Crippen LogP contribution in [0.5, 0.6) is 0 Å². The van der Waals surface area contributed by atoms with Crippen molar-refractivity contribution in [2.45, 2.75) is 44.7 Å². The van der Waals surface area contributed by atoms with Gasteiger partial charge in [-0.1, -0.05) is 12.8 Å². The monoisotopic (exact) mass is 549 g/mol. The number of aryl methyl sites for hydroxylation is 1. The molecule has 2 fully saturated rings. The zero-order chi connectivity index (χ0) is 20.6. The summed E-state index contributed by atoms with van der Waals surface area (Å²) in [4.78, 5) is 23.4. The molecule has 9 heteroatoms. The molecule has 7 nitrogen and oxygen atoms in total. The second-order valence-corrected chi connectivity index (χ2v) is 9.39. The van der Waals surface area contributed by atoms with Crippen molar-refractivity contribution in [3.8, 4) is 0 Å². The van der Waals surface area contributed by atoms with Gasteiger partial charge < -0.3 is 20.3 Å². The summed E-state index contributed by atoms with van der Waals surface area (Å²) < 4.78 is 5.56. The molecule has 1 aromatic heterocycles. The molecular formula is C21H36IN5O2S. The van der Waals surface area contributed by atoms with Crippen LogP contribution >= 0.6 is 35.3 Å². The van der Waals surface area contributed by atoms with E-state index in [-0.39, 0.29) is 42.5 Å². The Morgan fingerprint density at radius 1 is 1.30 bits per heavy atom. The predicted molar refractivity (Wildman–Crippen MR) is 134 cm³/mol. The second kappa shape index (κ2) is 12.8. The topological polar surface area (TPSA) is 69.2 Å². The number of morpholine rings is 1. The number of hydrogen-bond donors (Lipinski definition) is 2. The molecule has 30 heavy (non-hydrogen) atoms. The normalized spacial score (nSPS) is 19.2. The third-order valence-corrected chi connectivity index (χ3v) is 6.71. The smallest absolute Gasteiger partial charge is 0.243 e. The van der Waals surface area contributed by atoms with Crippen LogP contribution in [0, 0.1) is 6.92 Å². The Balaban J connectivity index is 0.00000320. The van der Waals surface area contributed by atoms with E-state index in [1.165, 1.54) is 35.4 Å². The van der Waals surface area contributed by atoms with Crippen LogP contribution in [0.3, 0.4) is 0 Å². The van der Waals surface area contributed by atoms with Crippen molar-refractivity contribution in [1.82, 2.24) is 20.4 Å². The first-order valence-electron chi connectivity index (χ1n) is 10.7. The molecule has 0 bridgehead atoms. The number of ether oxygens (including phenoxy) is 1. The number of amides is 1. The number of hydrogen-bond acceptors (Lipinski definition) is 5. The van der Waals surface area contributed by atoms with Crippen LogP contribution in [0.15, 0.2) is 17.1 Å². The lowest BCUT2D eigenvalue weighted by atomic mass is 10.2. The average molecular weight is 550 g/mol. The van der Waals surface area contributed by atoms with E-state index in [4.69, 9.17) is 4.74 Å². The van der Waals surface area contributed by atoms with Gasteiger partial charge in [0, 0.05) is 49.5 Å². The fourth-order valence-electron chi connectivity index (χ4n) is 3.83. The van der Waals surface area contributed by atoms with Gasteiger partial charge in [0.25, 0.3) is 0 Å². The maximum absolute atomic E-state index is 12.0. The van der Waals surface area contributed by atoms with Crippen molar-refractivity contribution in [3.63, 3.8) is 0 Å². The Morgan fingerprint density at radius 2 is 2.00 bits per heavy atom. The van der Waals surface area contributed by atoms with Crippen molar-refractivity contribution in [2.24, 2.45) is 4.99 Å². The maximum atomic E-state index is 12.0. The Bertz CT molecular complexity index is 685. The minimum absolute atomic E-state index is 0. The Kier molecular flexibility index (Phi) is 10.8. The molecule has 0 aromatic carbocycles. The number of carbonyl (C=O) groups excluding carboxylic acids is 1. The molecule has 3 rings (SSSR count). The summed E-state index contributed by atoms with van der Waals surface area (Å²) in [5.41, 5.74) is 0. The van der Waals surface area contributed by atoms with Gasteiger partial charge in [0.15, 0.2) is 5.96 Å². The van der Waals surface area contributed by atoms with Crippen molar-refractivity contribution in [3.05, 3.63) is 21.9 Å². The highest BCUT2D eigenvalue weighted by Gasteiger charge is 2.25. The molecular weight excluding hydrogens is 513 g/mol. The molecule has 0 radical (unpaired) electrons. The molecule has 1 atom stereocenters. The Hall–Kier alpha value is -0.910. The Labute approximate surface area is 201 Å². The number of carbonyl (C=O) groups is 1. The summed E-state index contributed by atoms with van der Waals surface area (Å²) in [5.74, 6) is 0.759. The highest BCUT2D eigenvalue weighted by molar-refractivity contribution is 14.0. The van der Waals surface area contributed by atoms with Gasteiger partial charge in [0.05, 0.1) is 19.3 Å². The van der Waals surface area contributed by atoms with E-state index >= 15 is 0 Å². The highest BCUT2D eigenvalue weighted by Crippen LogP contribution is 2.28. The first-order chi connectivity index (χ1) is 14.0. The SMILES string of the molecule is Cc1ccc(C(CNC(=NCC(=O)N(C)C)NC2CCCC2)N2CCOCC2)s1.I. The molecule has 0 spiro atoms. The molecule has 1 aromatic rings. The average Bonchev–Trinajstić information content (AvgIpc) is 3.38. The summed E-state index contributed by atoms with van der Waals surface area (Å²) in [6.45, 7) is 6.50. The maximum Gasteiger partial charge on any atom is 0.243 e. The lowest BCUT2D eigenvalue weighted by Gasteiger charge is -2.34. The summed E-state index contributed by atoms with van der Waals surface area (Å²) in [5, 5.41) is 7.09. The zero-order valence-electron chi connectivity index (χ0n) is 18.4. The number of guanidine groups is 1. The molecule has 1 unspecified atom stereocenters. The standard InChI is InChI=1S/C21H35N5O2S.HI/c1-16-8-9-19(29-16)18(26-10-12-28-13-11-26)14-22-21(23-15-20(27)25(2)3)24-17-6-4-5-7-17;/h8-9,17-18H,4-7,10-15H2,1-3H3,(H2,22,23,24);1H. The van der Waals surface area contributed by atoms with Gasteiger partial charge >= 0.3 is 0 Å². The van der Waals surface area contributed by atoms with Crippen molar-refractivity contribution >= 4 is 47.2 Å². The lowest BCUT2D eigenvalue weighted by molar-refractivity contribution is -0.127. The Morgan fingerprint density at radius 3 is 2.60 bits per heavy atom. The van der Waals surface area contributed by atoms with Crippen LogP contribution in [-0.4, -0.2) is 81.2 Å². The van der Waals surface area contributed by atoms with E-state index < -0.39 is 0 Å².